The molecule has 1 N–H and O–H groups in total. The normalized spacial score (nSPS) is 20.2. The van der Waals surface area contributed by atoms with Crippen LogP contribution in [0, 0.1) is 0 Å². The first-order valence-electron chi connectivity index (χ1n) is 6.55. The van der Waals surface area contributed by atoms with Gasteiger partial charge in [-0.2, -0.15) is 0 Å². The predicted molar refractivity (Wildman–Crippen MR) is 71.5 cm³/mol. The topological polar surface area (TPSA) is 57.8 Å². The highest BCUT2D eigenvalue weighted by molar-refractivity contribution is 5.94. The number of likely N-dealkylation sites (N-methyl/N-ethyl adjacent to an activating group) is 1. The number of hydrogen-bond donors (Lipinski definition) is 1. The Bertz CT molecular complexity index is 620. The van der Waals surface area contributed by atoms with Gasteiger partial charge in [-0.1, -0.05) is 0 Å². The number of fused-ring (bicyclic) bond motifs is 1. The van der Waals surface area contributed by atoms with Crippen molar-refractivity contribution in [3.05, 3.63) is 35.8 Å². The van der Waals surface area contributed by atoms with Crippen molar-refractivity contribution in [2.24, 2.45) is 0 Å². The highest BCUT2D eigenvalue weighted by atomic mass is 16.4. The summed E-state index contributed by atoms with van der Waals surface area (Å²) in [4.78, 5) is 18.0. The second kappa shape index (κ2) is 4.66. The molecule has 1 saturated heterocycles. The number of aromatic carboxylic acids is 1. The molecular weight excluding hydrogens is 242 g/mol. The second-order valence-electron chi connectivity index (χ2n) is 5.17. The molecule has 0 saturated carbocycles. The summed E-state index contributed by atoms with van der Waals surface area (Å²) in [7, 11) is 2.14. The van der Waals surface area contributed by atoms with Crippen molar-refractivity contribution in [3.8, 4) is 0 Å². The Hall–Kier alpha value is -1.88. The van der Waals surface area contributed by atoms with Gasteiger partial charge in [0, 0.05) is 24.9 Å². The molecule has 0 bridgehead atoms. The van der Waals surface area contributed by atoms with Crippen LogP contribution in [-0.4, -0.2) is 45.0 Å². The minimum Gasteiger partial charge on any atom is -0.478 e. The molecule has 1 fully saturated rings. The zero-order valence-electron chi connectivity index (χ0n) is 10.9. The number of carboxylic acid groups (broad SMARTS) is 1. The summed E-state index contributed by atoms with van der Waals surface area (Å²) in [6.45, 7) is 1.14. The van der Waals surface area contributed by atoms with E-state index >= 15 is 0 Å². The average molecular weight is 259 g/mol. The van der Waals surface area contributed by atoms with Gasteiger partial charge in [0.1, 0.15) is 5.56 Å². The summed E-state index contributed by atoms with van der Waals surface area (Å²) in [6.07, 6.45) is 7.09. The fourth-order valence-electron chi connectivity index (χ4n) is 2.81. The van der Waals surface area contributed by atoms with E-state index in [0.717, 1.165) is 18.7 Å². The van der Waals surface area contributed by atoms with E-state index in [9.17, 15) is 4.79 Å². The van der Waals surface area contributed by atoms with E-state index in [1.54, 1.807) is 16.5 Å². The monoisotopic (exact) mass is 259 g/mol. The molecule has 1 atom stereocenters. The van der Waals surface area contributed by atoms with Crippen molar-refractivity contribution in [3.63, 3.8) is 0 Å². The van der Waals surface area contributed by atoms with E-state index in [4.69, 9.17) is 5.11 Å². The minimum absolute atomic E-state index is 0.258. The van der Waals surface area contributed by atoms with Gasteiger partial charge in [0.05, 0.1) is 5.69 Å². The lowest BCUT2D eigenvalue weighted by atomic mass is 10.1. The highest BCUT2D eigenvalue weighted by Crippen LogP contribution is 2.20. The molecule has 2 aromatic rings. The number of hydrogen-bond acceptors (Lipinski definition) is 3. The van der Waals surface area contributed by atoms with Gasteiger partial charge < -0.3 is 14.4 Å². The Morgan fingerprint density at radius 1 is 1.58 bits per heavy atom. The van der Waals surface area contributed by atoms with Crippen LogP contribution in [0.2, 0.25) is 0 Å². The van der Waals surface area contributed by atoms with E-state index in [1.807, 2.05) is 12.4 Å². The smallest absolute Gasteiger partial charge is 0.339 e. The minimum atomic E-state index is -0.930. The lowest BCUT2D eigenvalue weighted by Gasteiger charge is -2.17. The summed E-state index contributed by atoms with van der Waals surface area (Å²) in [5.74, 6) is -0.930. The third-order valence-corrected chi connectivity index (χ3v) is 3.88. The lowest BCUT2D eigenvalue weighted by Crippen LogP contribution is -2.26. The summed E-state index contributed by atoms with van der Waals surface area (Å²) in [6, 6.07) is 3.86. The zero-order valence-corrected chi connectivity index (χ0v) is 10.9. The van der Waals surface area contributed by atoms with Crippen molar-refractivity contribution in [1.29, 1.82) is 0 Å². The van der Waals surface area contributed by atoms with Crippen LogP contribution >= 0.6 is 0 Å². The number of aromatic nitrogens is 2. The molecule has 5 nitrogen and oxygen atoms in total. The van der Waals surface area contributed by atoms with Gasteiger partial charge >= 0.3 is 5.97 Å². The lowest BCUT2D eigenvalue weighted by molar-refractivity contribution is 0.0698. The largest absolute Gasteiger partial charge is 0.478 e. The Labute approximate surface area is 111 Å². The van der Waals surface area contributed by atoms with E-state index in [-0.39, 0.29) is 5.56 Å². The first-order valence-corrected chi connectivity index (χ1v) is 6.55. The van der Waals surface area contributed by atoms with Gasteiger partial charge in [0.15, 0.2) is 5.65 Å². The number of imidazole rings is 1. The van der Waals surface area contributed by atoms with Crippen LogP contribution in [0.15, 0.2) is 24.5 Å². The predicted octanol–water partition coefficient (Wildman–Crippen LogP) is 1.67. The summed E-state index contributed by atoms with van der Waals surface area (Å²) in [5.41, 5.74) is 1.76. The first-order chi connectivity index (χ1) is 9.15. The summed E-state index contributed by atoms with van der Waals surface area (Å²) in [5, 5.41) is 9.16. The highest BCUT2D eigenvalue weighted by Gasteiger charge is 2.22. The average Bonchev–Trinajstić information content (AvgIpc) is 2.95. The van der Waals surface area contributed by atoms with Gasteiger partial charge in [-0.05, 0) is 38.6 Å². The maximum atomic E-state index is 11.2. The van der Waals surface area contributed by atoms with Crippen molar-refractivity contribution in [2.45, 2.75) is 25.3 Å². The van der Waals surface area contributed by atoms with Crippen LogP contribution in [0.1, 0.15) is 28.9 Å². The number of carbonyl (C=O) groups is 1. The third kappa shape index (κ3) is 2.21. The molecule has 19 heavy (non-hydrogen) atoms. The quantitative estimate of drug-likeness (QED) is 0.911. The molecule has 1 aliphatic heterocycles. The molecule has 5 heteroatoms. The second-order valence-corrected chi connectivity index (χ2v) is 5.17. The van der Waals surface area contributed by atoms with Crippen LogP contribution in [-0.2, 0) is 6.42 Å². The Morgan fingerprint density at radius 2 is 2.42 bits per heavy atom. The molecule has 1 aliphatic rings. The van der Waals surface area contributed by atoms with Crippen LogP contribution in [0.25, 0.3) is 5.65 Å². The molecule has 0 aromatic carbocycles. The maximum Gasteiger partial charge on any atom is 0.339 e. The van der Waals surface area contributed by atoms with E-state index in [0.29, 0.717) is 11.7 Å². The standard InChI is InChI=1S/C14H17N3O2/c1-16-6-2-4-11(16)8-10-9-17-7-3-5-12(14(18)19)13(17)15-10/h3,5,7,9,11H,2,4,6,8H2,1H3,(H,18,19). The molecule has 3 heterocycles. The van der Waals surface area contributed by atoms with Gasteiger partial charge in [0.25, 0.3) is 0 Å². The van der Waals surface area contributed by atoms with Crippen LogP contribution in [0.3, 0.4) is 0 Å². The van der Waals surface area contributed by atoms with Crippen molar-refractivity contribution in [2.75, 3.05) is 13.6 Å². The van der Waals surface area contributed by atoms with E-state index in [1.165, 1.54) is 12.8 Å². The van der Waals surface area contributed by atoms with Crippen molar-refractivity contribution >= 4 is 11.6 Å². The number of rotatable bonds is 3. The molecule has 0 radical (unpaired) electrons. The van der Waals surface area contributed by atoms with Crippen LogP contribution in [0.5, 0.6) is 0 Å². The molecule has 100 valence electrons. The SMILES string of the molecule is CN1CCCC1Cc1cn2cccc(C(=O)O)c2n1. The van der Waals surface area contributed by atoms with Gasteiger partial charge in [-0.3, -0.25) is 0 Å². The number of pyridine rings is 1. The van der Waals surface area contributed by atoms with Gasteiger partial charge in [0.2, 0.25) is 0 Å². The molecule has 1 unspecified atom stereocenters. The molecule has 2 aromatic heterocycles. The Kier molecular flexibility index (Phi) is 2.98. The third-order valence-electron chi connectivity index (χ3n) is 3.88. The van der Waals surface area contributed by atoms with Crippen molar-refractivity contribution < 1.29 is 9.90 Å². The number of likely N-dealkylation sites (tertiary alicyclic amines) is 1. The molecular formula is C14H17N3O2. The summed E-state index contributed by atoms with van der Waals surface area (Å²) >= 11 is 0. The molecule has 3 rings (SSSR count). The van der Waals surface area contributed by atoms with E-state index in [2.05, 4.69) is 16.9 Å². The van der Waals surface area contributed by atoms with Gasteiger partial charge in [-0.15, -0.1) is 0 Å². The van der Waals surface area contributed by atoms with E-state index < -0.39 is 5.97 Å². The number of carboxylic acids is 1. The molecule has 0 spiro atoms. The zero-order chi connectivity index (χ0) is 13.4. The maximum absolute atomic E-state index is 11.2. The first kappa shape index (κ1) is 12.2. The Morgan fingerprint density at radius 3 is 3.11 bits per heavy atom. The van der Waals surface area contributed by atoms with Crippen LogP contribution < -0.4 is 0 Å². The Balaban J connectivity index is 1.93. The molecule has 0 aliphatic carbocycles. The molecule has 0 amide bonds. The fraction of sp³-hybridized carbons (Fsp3) is 0.429. The fourth-order valence-corrected chi connectivity index (χ4v) is 2.81. The van der Waals surface area contributed by atoms with Crippen LogP contribution in [0.4, 0.5) is 0 Å². The van der Waals surface area contributed by atoms with Gasteiger partial charge in [-0.25, -0.2) is 9.78 Å². The van der Waals surface area contributed by atoms with Crippen molar-refractivity contribution in [1.82, 2.24) is 14.3 Å². The number of nitrogens with zero attached hydrogens (tertiary/aromatic N) is 3. The summed E-state index contributed by atoms with van der Waals surface area (Å²) < 4.78 is 1.80.